The van der Waals surface area contributed by atoms with Crippen molar-refractivity contribution < 1.29 is 0 Å². The molecule has 2 aromatic rings. The third-order valence-corrected chi connectivity index (χ3v) is 6.69. The molecule has 2 aromatic carbocycles. The lowest BCUT2D eigenvalue weighted by molar-refractivity contribution is 0.932. The Labute approximate surface area is 141 Å². The van der Waals surface area contributed by atoms with E-state index in [4.69, 9.17) is 0 Å². The Kier molecular flexibility index (Phi) is 5.48. The first-order valence-electron chi connectivity index (χ1n) is 5.37. The molecule has 0 aromatic heterocycles. The number of hydrogen-bond donors (Lipinski definition) is 0. The molecule has 0 amide bonds. The fraction of sp³-hybridized carbons (Fsp3) is 0.143. The minimum Gasteiger partial charge on any atom is -0.0823 e. The average Bonchev–Trinajstić information content (AvgIpc) is 2.38. The summed E-state index contributed by atoms with van der Waals surface area (Å²) in [6.45, 7) is 0. The van der Waals surface area contributed by atoms with Crippen LogP contribution in [0.1, 0.15) is 20.8 Å². The van der Waals surface area contributed by atoms with Crippen LogP contribution in [-0.4, -0.2) is 0 Å². The van der Waals surface area contributed by atoms with Gasteiger partial charge in [0, 0.05) is 8.95 Å². The number of rotatable bonds is 3. The van der Waals surface area contributed by atoms with E-state index in [1.807, 2.05) is 6.07 Å². The van der Waals surface area contributed by atoms with Crippen LogP contribution in [-0.2, 0) is 0 Å². The van der Waals surface area contributed by atoms with Gasteiger partial charge in [-0.05, 0) is 29.3 Å². The van der Waals surface area contributed by atoms with Gasteiger partial charge >= 0.3 is 0 Å². The first kappa shape index (κ1) is 14.8. The second-order valence-corrected chi connectivity index (χ2v) is 7.62. The molecular formula is C14H10Br4. The Hall–Kier alpha value is 0.360. The highest BCUT2D eigenvalue weighted by Gasteiger charge is 2.21. The average molecular weight is 498 g/mol. The largest absolute Gasteiger partial charge is 0.0823 e. The first-order valence-corrected chi connectivity index (χ1v) is 8.79. The molecule has 0 aliphatic heterocycles. The summed E-state index contributed by atoms with van der Waals surface area (Å²) in [7, 11) is 0. The lowest BCUT2D eigenvalue weighted by atomic mass is 10.0. The molecule has 2 atom stereocenters. The molecule has 94 valence electrons. The van der Waals surface area contributed by atoms with Crippen LogP contribution in [0.2, 0.25) is 0 Å². The van der Waals surface area contributed by atoms with Gasteiger partial charge in [0.15, 0.2) is 0 Å². The molecule has 0 bridgehead atoms. The van der Waals surface area contributed by atoms with E-state index in [2.05, 4.69) is 106 Å². The smallest absolute Gasteiger partial charge is 0.0572 e. The summed E-state index contributed by atoms with van der Waals surface area (Å²) >= 11 is 14.6. The molecule has 2 rings (SSSR count). The molecule has 0 aliphatic rings. The Morgan fingerprint density at radius 2 is 1.33 bits per heavy atom. The van der Waals surface area contributed by atoms with E-state index in [1.54, 1.807) is 0 Å². The van der Waals surface area contributed by atoms with E-state index in [9.17, 15) is 0 Å². The van der Waals surface area contributed by atoms with Crippen molar-refractivity contribution in [1.29, 1.82) is 0 Å². The molecule has 0 N–H and O–H groups in total. The van der Waals surface area contributed by atoms with E-state index in [-0.39, 0.29) is 9.65 Å². The van der Waals surface area contributed by atoms with Crippen molar-refractivity contribution in [2.75, 3.05) is 0 Å². The van der Waals surface area contributed by atoms with Crippen LogP contribution < -0.4 is 0 Å². The third-order valence-electron chi connectivity index (χ3n) is 2.65. The highest BCUT2D eigenvalue weighted by Crippen LogP contribution is 2.44. The number of alkyl halides is 2. The van der Waals surface area contributed by atoms with Gasteiger partial charge in [0.25, 0.3) is 0 Å². The molecule has 0 aliphatic carbocycles. The summed E-state index contributed by atoms with van der Waals surface area (Å²) < 4.78 is 2.21. The van der Waals surface area contributed by atoms with Crippen molar-refractivity contribution in [1.82, 2.24) is 0 Å². The molecule has 0 spiro atoms. The first-order chi connectivity index (χ1) is 8.59. The topological polar surface area (TPSA) is 0 Å². The van der Waals surface area contributed by atoms with Crippen LogP contribution in [0, 0.1) is 0 Å². The normalized spacial score (nSPS) is 14.2. The van der Waals surface area contributed by atoms with Crippen molar-refractivity contribution in [2.24, 2.45) is 0 Å². The zero-order valence-corrected chi connectivity index (χ0v) is 15.6. The second kappa shape index (κ2) is 6.69. The van der Waals surface area contributed by atoms with Gasteiger partial charge in [0.1, 0.15) is 0 Å². The fourth-order valence-electron chi connectivity index (χ4n) is 1.67. The Morgan fingerprint density at radius 1 is 0.722 bits per heavy atom. The maximum absolute atomic E-state index is 3.77. The summed E-state index contributed by atoms with van der Waals surface area (Å²) in [6, 6.07) is 16.6. The fourth-order valence-corrected chi connectivity index (χ4v) is 4.07. The Bertz CT molecular complexity index is 522. The van der Waals surface area contributed by atoms with Crippen molar-refractivity contribution in [3.8, 4) is 0 Å². The Morgan fingerprint density at radius 3 is 1.94 bits per heavy atom. The van der Waals surface area contributed by atoms with E-state index in [1.165, 1.54) is 11.1 Å². The predicted molar refractivity (Wildman–Crippen MR) is 91.6 cm³/mol. The predicted octanol–water partition coefficient (Wildman–Crippen LogP) is 6.78. The maximum Gasteiger partial charge on any atom is 0.0572 e. The molecule has 0 saturated carbocycles. The van der Waals surface area contributed by atoms with E-state index >= 15 is 0 Å². The molecule has 0 nitrogen and oxygen atoms in total. The van der Waals surface area contributed by atoms with Gasteiger partial charge in [-0.1, -0.05) is 94.1 Å². The van der Waals surface area contributed by atoms with Gasteiger partial charge in [-0.25, -0.2) is 0 Å². The molecule has 0 saturated heterocycles. The molecular weight excluding hydrogens is 488 g/mol. The second-order valence-electron chi connectivity index (χ2n) is 3.88. The lowest BCUT2D eigenvalue weighted by Crippen LogP contribution is -2.00. The van der Waals surface area contributed by atoms with E-state index in [0.29, 0.717) is 0 Å². The molecule has 0 unspecified atom stereocenters. The minimum atomic E-state index is 0.217. The lowest BCUT2D eigenvalue weighted by Gasteiger charge is -2.19. The molecule has 0 fully saturated rings. The zero-order valence-electron chi connectivity index (χ0n) is 9.29. The van der Waals surface area contributed by atoms with Gasteiger partial charge in [-0.15, -0.1) is 0 Å². The quantitative estimate of drug-likeness (QED) is 0.410. The van der Waals surface area contributed by atoms with Crippen LogP contribution in [0.4, 0.5) is 0 Å². The monoisotopic (exact) mass is 494 g/mol. The van der Waals surface area contributed by atoms with Crippen LogP contribution in [0.15, 0.2) is 57.5 Å². The van der Waals surface area contributed by atoms with Crippen molar-refractivity contribution >= 4 is 63.7 Å². The van der Waals surface area contributed by atoms with Gasteiger partial charge in [0.05, 0.1) is 9.65 Å². The van der Waals surface area contributed by atoms with Crippen molar-refractivity contribution in [2.45, 2.75) is 9.65 Å². The van der Waals surface area contributed by atoms with Gasteiger partial charge in [0.2, 0.25) is 0 Å². The molecule has 18 heavy (non-hydrogen) atoms. The SMILES string of the molecule is Brc1ccc([C@@H](Br)[C@H](Br)c2ccccc2Br)cc1. The summed E-state index contributed by atoms with van der Waals surface area (Å²) in [4.78, 5) is 0.443. The summed E-state index contributed by atoms with van der Waals surface area (Å²) in [5.74, 6) is 0. The van der Waals surface area contributed by atoms with Crippen molar-refractivity contribution in [3.63, 3.8) is 0 Å². The standard InChI is InChI=1S/C14H10Br4/c15-10-7-5-9(6-8-10)13(17)14(18)11-3-1-2-4-12(11)16/h1-8,13-14H/t13-,14-/m1/s1. The highest BCUT2D eigenvalue weighted by atomic mass is 79.9. The minimum absolute atomic E-state index is 0.217. The maximum atomic E-state index is 3.77. The number of halogens is 4. The summed E-state index contributed by atoms with van der Waals surface area (Å²) in [5, 5.41) is 0. The van der Waals surface area contributed by atoms with Crippen LogP contribution >= 0.6 is 63.7 Å². The van der Waals surface area contributed by atoms with Crippen LogP contribution in [0.3, 0.4) is 0 Å². The van der Waals surface area contributed by atoms with Crippen LogP contribution in [0.25, 0.3) is 0 Å². The van der Waals surface area contributed by atoms with Crippen molar-refractivity contribution in [3.05, 3.63) is 68.6 Å². The summed E-state index contributed by atoms with van der Waals surface area (Å²) in [6.07, 6.45) is 0. The van der Waals surface area contributed by atoms with Gasteiger partial charge in [-0.2, -0.15) is 0 Å². The number of hydrogen-bond acceptors (Lipinski definition) is 0. The summed E-state index contributed by atoms with van der Waals surface area (Å²) in [5.41, 5.74) is 2.48. The molecule has 4 heteroatoms. The van der Waals surface area contributed by atoms with E-state index in [0.717, 1.165) is 8.95 Å². The Balaban J connectivity index is 2.26. The molecule has 0 heterocycles. The van der Waals surface area contributed by atoms with Gasteiger partial charge in [-0.3, -0.25) is 0 Å². The molecule has 0 radical (unpaired) electrons. The third kappa shape index (κ3) is 3.47. The van der Waals surface area contributed by atoms with Gasteiger partial charge < -0.3 is 0 Å². The van der Waals surface area contributed by atoms with E-state index < -0.39 is 0 Å². The van der Waals surface area contributed by atoms with Crippen LogP contribution in [0.5, 0.6) is 0 Å². The number of benzene rings is 2. The highest BCUT2D eigenvalue weighted by molar-refractivity contribution is 9.12. The zero-order chi connectivity index (χ0) is 13.1.